The first-order valence-corrected chi connectivity index (χ1v) is 9.92. The summed E-state index contributed by atoms with van der Waals surface area (Å²) < 4.78 is 26.4. The Kier molecular flexibility index (Phi) is 10.6. The van der Waals surface area contributed by atoms with Crippen LogP contribution < -0.4 is 15.8 Å². The SMILES string of the molecule is CSCC[C@H](N)C(=O)NCCNS(=O)(=O)c1cccc([N+](=O)[O-])c1.Cl. The molecule has 0 saturated carbocycles. The number of benzene rings is 1. The van der Waals surface area contributed by atoms with Crippen molar-refractivity contribution >= 4 is 45.8 Å². The lowest BCUT2D eigenvalue weighted by atomic mass is 10.2. The Hall–Kier alpha value is -1.40. The van der Waals surface area contributed by atoms with Crippen molar-refractivity contribution in [2.45, 2.75) is 17.4 Å². The number of nitrogens with zero attached hydrogens (tertiary/aromatic N) is 1. The minimum atomic E-state index is -3.89. The Morgan fingerprint density at radius 3 is 2.68 bits per heavy atom. The molecule has 0 radical (unpaired) electrons. The van der Waals surface area contributed by atoms with Gasteiger partial charge in [-0.1, -0.05) is 6.07 Å². The van der Waals surface area contributed by atoms with Gasteiger partial charge in [-0.25, -0.2) is 13.1 Å². The molecule has 0 aliphatic rings. The van der Waals surface area contributed by atoms with Crippen LogP contribution in [0.4, 0.5) is 5.69 Å². The van der Waals surface area contributed by atoms with Crippen molar-refractivity contribution in [2.75, 3.05) is 25.1 Å². The molecule has 0 fully saturated rings. The highest BCUT2D eigenvalue weighted by Gasteiger charge is 2.17. The average Bonchev–Trinajstić information content (AvgIpc) is 2.56. The Balaban J connectivity index is 0.00000576. The first kappa shape index (κ1) is 23.6. The van der Waals surface area contributed by atoms with Crippen LogP contribution in [0.25, 0.3) is 0 Å². The van der Waals surface area contributed by atoms with Crippen LogP contribution in [-0.4, -0.2) is 50.4 Å². The summed E-state index contributed by atoms with van der Waals surface area (Å²) in [5.74, 6) is 0.409. The third-order valence-corrected chi connectivity index (χ3v) is 5.13. The zero-order valence-corrected chi connectivity index (χ0v) is 16.0. The number of carbonyl (C=O) groups excluding carboxylic acids is 1. The Morgan fingerprint density at radius 1 is 1.40 bits per heavy atom. The van der Waals surface area contributed by atoms with Crippen LogP contribution in [0.2, 0.25) is 0 Å². The highest BCUT2D eigenvalue weighted by molar-refractivity contribution is 7.98. The lowest BCUT2D eigenvalue weighted by molar-refractivity contribution is -0.385. The molecule has 1 atom stereocenters. The summed E-state index contributed by atoms with van der Waals surface area (Å²) in [6.07, 6.45) is 2.44. The molecule has 0 aromatic heterocycles. The third-order valence-electron chi connectivity index (χ3n) is 3.02. The molecule has 142 valence electrons. The lowest BCUT2D eigenvalue weighted by Crippen LogP contribution is -2.43. The molecule has 0 bridgehead atoms. The van der Waals surface area contributed by atoms with Crippen LogP contribution in [0.5, 0.6) is 0 Å². The number of hydrogen-bond donors (Lipinski definition) is 3. The fourth-order valence-corrected chi connectivity index (χ4v) is 3.29. The maximum Gasteiger partial charge on any atom is 0.270 e. The van der Waals surface area contributed by atoms with Crippen LogP contribution in [0.3, 0.4) is 0 Å². The smallest absolute Gasteiger partial charge is 0.270 e. The molecule has 9 nitrogen and oxygen atoms in total. The number of nitrogens with one attached hydrogen (secondary N) is 2. The topological polar surface area (TPSA) is 144 Å². The van der Waals surface area contributed by atoms with Gasteiger partial charge in [0.05, 0.1) is 15.9 Å². The number of sulfonamides is 1. The van der Waals surface area contributed by atoms with Gasteiger partial charge in [-0.15, -0.1) is 12.4 Å². The van der Waals surface area contributed by atoms with Crippen LogP contribution in [-0.2, 0) is 14.8 Å². The molecule has 1 rings (SSSR count). The molecule has 0 aliphatic heterocycles. The van der Waals surface area contributed by atoms with Crippen LogP contribution in [0.1, 0.15) is 6.42 Å². The quantitative estimate of drug-likeness (QED) is 0.288. The number of nitro benzene ring substituents is 1. The molecule has 4 N–H and O–H groups in total. The van der Waals surface area contributed by atoms with Gasteiger partial charge in [0, 0.05) is 25.2 Å². The van der Waals surface area contributed by atoms with Crippen LogP contribution in [0.15, 0.2) is 29.2 Å². The highest BCUT2D eigenvalue weighted by Crippen LogP contribution is 2.16. The van der Waals surface area contributed by atoms with Crippen molar-refractivity contribution in [2.24, 2.45) is 5.73 Å². The second kappa shape index (κ2) is 11.3. The number of nitro groups is 1. The summed E-state index contributed by atoms with van der Waals surface area (Å²) in [6, 6.07) is 4.09. The van der Waals surface area contributed by atoms with Crippen molar-refractivity contribution in [3.05, 3.63) is 34.4 Å². The van der Waals surface area contributed by atoms with Crippen molar-refractivity contribution in [3.63, 3.8) is 0 Å². The highest BCUT2D eigenvalue weighted by atomic mass is 35.5. The molecule has 1 amide bonds. The van der Waals surface area contributed by atoms with Gasteiger partial charge in [0.15, 0.2) is 0 Å². The molecule has 0 heterocycles. The molecule has 0 spiro atoms. The number of hydrogen-bond acceptors (Lipinski definition) is 7. The van der Waals surface area contributed by atoms with Gasteiger partial charge < -0.3 is 11.1 Å². The summed E-state index contributed by atoms with van der Waals surface area (Å²) in [7, 11) is -3.89. The van der Waals surface area contributed by atoms with Crippen molar-refractivity contribution in [3.8, 4) is 0 Å². The molecular formula is C13H21ClN4O5S2. The van der Waals surface area contributed by atoms with Gasteiger partial charge in [0.2, 0.25) is 15.9 Å². The van der Waals surface area contributed by atoms with Gasteiger partial charge in [0.1, 0.15) is 0 Å². The number of non-ortho nitro benzene ring substituents is 1. The Bertz CT molecular complexity index is 687. The molecule has 0 unspecified atom stereocenters. The summed E-state index contributed by atoms with van der Waals surface area (Å²) >= 11 is 1.58. The Labute approximate surface area is 156 Å². The first-order chi connectivity index (χ1) is 11.3. The van der Waals surface area contributed by atoms with Crippen molar-refractivity contribution < 1.29 is 18.1 Å². The van der Waals surface area contributed by atoms with Crippen molar-refractivity contribution in [1.29, 1.82) is 0 Å². The van der Waals surface area contributed by atoms with E-state index >= 15 is 0 Å². The molecule has 1 aromatic rings. The molecule has 12 heteroatoms. The second-order valence-corrected chi connectivity index (χ2v) is 7.58. The van der Waals surface area contributed by atoms with E-state index in [0.29, 0.717) is 6.42 Å². The van der Waals surface area contributed by atoms with Gasteiger partial charge in [-0.2, -0.15) is 11.8 Å². The van der Waals surface area contributed by atoms with Crippen LogP contribution in [0, 0.1) is 10.1 Å². The predicted molar refractivity (Wildman–Crippen MR) is 99.5 cm³/mol. The van der Waals surface area contributed by atoms with E-state index in [9.17, 15) is 23.3 Å². The lowest BCUT2D eigenvalue weighted by Gasteiger charge is -2.12. The zero-order chi connectivity index (χ0) is 18.2. The molecule has 0 aliphatic carbocycles. The van der Waals surface area contributed by atoms with E-state index in [1.165, 1.54) is 18.2 Å². The third kappa shape index (κ3) is 8.01. The van der Waals surface area contributed by atoms with E-state index in [0.717, 1.165) is 11.8 Å². The second-order valence-electron chi connectivity index (χ2n) is 4.83. The van der Waals surface area contributed by atoms with Gasteiger partial charge in [-0.3, -0.25) is 14.9 Å². The standard InChI is InChI=1S/C13H20N4O5S2.ClH/c1-23-8-5-12(14)13(18)15-6-7-16-24(21,22)11-4-2-3-10(9-11)17(19)20;/h2-4,9,12,16H,5-8,14H2,1H3,(H,15,18);1H/t12-;/m0./s1. The van der Waals surface area contributed by atoms with Gasteiger partial charge in [0.25, 0.3) is 5.69 Å². The van der Waals surface area contributed by atoms with E-state index in [4.69, 9.17) is 5.73 Å². The first-order valence-electron chi connectivity index (χ1n) is 7.04. The van der Waals surface area contributed by atoms with E-state index in [2.05, 4.69) is 10.0 Å². The molecular weight excluding hydrogens is 392 g/mol. The fourth-order valence-electron chi connectivity index (χ4n) is 1.73. The summed E-state index contributed by atoms with van der Waals surface area (Å²) in [5.41, 5.74) is 5.37. The largest absolute Gasteiger partial charge is 0.353 e. The Morgan fingerprint density at radius 2 is 2.08 bits per heavy atom. The number of thioether (sulfide) groups is 1. The fraction of sp³-hybridized carbons (Fsp3) is 0.462. The van der Waals surface area contributed by atoms with E-state index < -0.39 is 21.0 Å². The van der Waals surface area contributed by atoms with E-state index in [1.807, 2.05) is 6.26 Å². The molecule has 1 aromatic carbocycles. The summed E-state index contributed by atoms with van der Waals surface area (Å²) in [4.78, 5) is 21.5. The number of carbonyl (C=O) groups is 1. The van der Waals surface area contributed by atoms with Crippen molar-refractivity contribution in [1.82, 2.24) is 10.0 Å². The van der Waals surface area contributed by atoms with Crippen LogP contribution >= 0.6 is 24.2 Å². The maximum absolute atomic E-state index is 12.1. The maximum atomic E-state index is 12.1. The number of nitrogens with two attached hydrogens (primary N) is 1. The van der Waals surface area contributed by atoms with E-state index in [-0.39, 0.29) is 42.0 Å². The predicted octanol–water partition coefficient (Wildman–Crippen LogP) is 0.492. The minimum absolute atomic E-state index is 0. The number of amides is 1. The summed E-state index contributed by atoms with van der Waals surface area (Å²) in [6.45, 7) is 0.0198. The minimum Gasteiger partial charge on any atom is -0.353 e. The molecule has 0 saturated heterocycles. The average molecular weight is 413 g/mol. The zero-order valence-electron chi connectivity index (χ0n) is 13.5. The normalized spacial score (nSPS) is 12.1. The molecule has 25 heavy (non-hydrogen) atoms. The number of halogens is 1. The summed E-state index contributed by atoms with van der Waals surface area (Å²) in [5, 5.41) is 13.2. The monoisotopic (exact) mass is 412 g/mol. The number of rotatable bonds is 10. The van der Waals surface area contributed by atoms with E-state index in [1.54, 1.807) is 11.8 Å². The van der Waals surface area contributed by atoms with Gasteiger partial charge in [-0.05, 0) is 24.5 Å². The van der Waals surface area contributed by atoms with Gasteiger partial charge >= 0.3 is 0 Å².